The minimum atomic E-state index is 0.0112. The molecule has 0 aliphatic heterocycles. The quantitative estimate of drug-likeness (QED) is 0.183. The van der Waals surface area contributed by atoms with Gasteiger partial charge in [0.1, 0.15) is 0 Å². The molecule has 3 nitrogen and oxygen atoms in total. The van der Waals surface area contributed by atoms with Crippen LogP contribution in [0.3, 0.4) is 0 Å². The van der Waals surface area contributed by atoms with Crippen LogP contribution in [0, 0.1) is 23.7 Å². The first-order valence-corrected chi connectivity index (χ1v) is 20.1. The van der Waals surface area contributed by atoms with Gasteiger partial charge >= 0.3 is 0 Å². The van der Waals surface area contributed by atoms with Crippen LogP contribution < -0.4 is 0 Å². The molecule has 3 heteroatoms. The Morgan fingerprint density at radius 1 is 0.436 bits per heavy atom. The molecule has 3 aliphatic rings. The van der Waals surface area contributed by atoms with Crippen LogP contribution in [0.1, 0.15) is 50.7 Å². The lowest BCUT2D eigenvalue weighted by Gasteiger charge is -2.54. The third-order valence-corrected chi connectivity index (χ3v) is 13.4. The van der Waals surface area contributed by atoms with Crippen molar-refractivity contribution in [2.45, 2.75) is 44.9 Å². The van der Waals surface area contributed by atoms with E-state index in [1.165, 1.54) is 75.2 Å². The smallest absolute Gasteiger partial charge is 0.164 e. The first kappa shape index (κ1) is 32.5. The molecule has 8 aromatic rings. The summed E-state index contributed by atoms with van der Waals surface area (Å²) in [5.41, 5.74) is 11.2. The lowest BCUT2D eigenvalue weighted by molar-refractivity contribution is 0.0427. The zero-order chi connectivity index (χ0) is 36.7. The van der Waals surface area contributed by atoms with E-state index in [1.807, 2.05) is 0 Å². The summed E-state index contributed by atoms with van der Waals surface area (Å²) in [5.74, 6) is 4.87. The predicted octanol–water partition coefficient (Wildman–Crippen LogP) is 13.2. The van der Waals surface area contributed by atoms with E-state index in [9.17, 15) is 0 Å². The van der Waals surface area contributed by atoms with Gasteiger partial charge in [-0.2, -0.15) is 0 Å². The second kappa shape index (κ2) is 12.6. The van der Waals surface area contributed by atoms with Crippen molar-refractivity contribution in [2.75, 3.05) is 0 Å². The van der Waals surface area contributed by atoms with Crippen LogP contribution in [0.25, 0.3) is 78.0 Å². The molecule has 0 saturated heterocycles. The second-order valence-electron chi connectivity index (χ2n) is 16.7. The highest BCUT2D eigenvalue weighted by Crippen LogP contribution is 2.65. The van der Waals surface area contributed by atoms with Crippen molar-refractivity contribution >= 4 is 21.5 Å². The molecule has 0 N–H and O–H groups in total. The van der Waals surface area contributed by atoms with Crippen molar-refractivity contribution in [3.05, 3.63) is 163 Å². The van der Waals surface area contributed by atoms with Crippen molar-refractivity contribution in [1.29, 1.82) is 0 Å². The summed E-state index contributed by atoms with van der Waals surface area (Å²) < 4.78 is 0. The Morgan fingerprint density at radius 3 is 1.87 bits per heavy atom. The lowest BCUT2D eigenvalue weighted by atomic mass is 9.49. The van der Waals surface area contributed by atoms with E-state index in [1.54, 1.807) is 0 Å². The van der Waals surface area contributed by atoms with E-state index in [2.05, 4.69) is 166 Å². The average molecular weight is 710 g/mol. The fraction of sp³-hybridized carbons (Fsp3) is 0.212. The summed E-state index contributed by atoms with van der Waals surface area (Å²) in [7, 11) is 0. The van der Waals surface area contributed by atoms with E-state index >= 15 is 0 Å². The highest BCUT2D eigenvalue weighted by Gasteiger charge is 2.56. The maximum Gasteiger partial charge on any atom is 0.164 e. The van der Waals surface area contributed by atoms with Gasteiger partial charge in [0.05, 0.1) is 0 Å². The Balaban J connectivity index is 1.11. The molecule has 1 heterocycles. The van der Waals surface area contributed by atoms with Gasteiger partial charge in [0.2, 0.25) is 0 Å². The van der Waals surface area contributed by atoms with Gasteiger partial charge in [-0.25, -0.2) is 15.0 Å². The molecule has 2 bridgehead atoms. The maximum absolute atomic E-state index is 5.30. The molecule has 2 saturated carbocycles. The number of nitrogens with zero attached hydrogens (tertiary/aromatic N) is 3. The van der Waals surface area contributed by atoms with Crippen LogP contribution in [0.5, 0.6) is 0 Å². The highest BCUT2D eigenvalue weighted by molar-refractivity contribution is 5.96. The number of hydrogen-bond acceptors (Lipinski definition) is 3. The molecule has 2 fully saturated rings. The van der Waals surface area contributed by atoms with Crippen LogP contribution in [0.2, 0.25) is 0 Å². The highest BCUT2D eigenvalue weighted by atomic mass is 15.0. The van der Waals surface area contributed by atoms with Crippen LogP contribution in [-0.4, -0.2) is 15.0 Å². The standard InChI is InChI=1S/C52H43N3/c1-32-25-34-27-33(2)52(42(26-32)28-34)47-24-23-41(30-45(47)46-29-39-14-6-7-15-40(39)31-48(46)52)50-53-49(38-21-19-36(20-22-38)35-11-4-3-5-12-35)54-51(55-50)44-18-10-16-37-13-8-9-17-43(37)44/h3-24,29-34,42H,25-28H2,1-2H3. The van der Waals surface area contributed by atoms with Gasteiger partial charge in [0.15, 0.2) is 17.5 Å². The third kappa shape index (κ3) is 5.13. The van der Waals surface area contributed by atoms with E-state index in [4.69, 9.17) is 15.0 Å². The van der Waals surface area contributed by atoms with Gasteiger partial charge in [-0.15, -0.1) is 0 Å². The number of fused-ring (bicyclic) bond motifs is 10. The Labute approximate surface area is 323 Å². The largest absolute Gasteiger partial charge is 0.208 e. The Bertz CT molecular complexity index is 2760. The van der Waals surface area contributed by atoms with Crippen molar-refractivity contribution in [3.8, 4) is 56.4 Å². The fourth-order valence-corrected chi connectivity index (χ4v) is 11.2. The molecule has 0 amide bonds. The van der Waals surface area contributed by atoms with Crippen molar-refractivity contribution in [1.82, 2.24) is 15.0 Å². The number of aromatic nitrogens is 3. The first-order valence-electron chi connectivity index (χ1n) is 20.1. The summed E-state index contributed by atoms with van der Waals surface area (Å²) in [6.07, 6.45) is 5.30. The van der Waals surface area contributed by atoms with Crippen molar-refractivity contribution < 1.29 is 0 Å². The van der Waals surface area contributed by atoms with Crippen LogP contribution in [0.4, 0.5) is 0 Å². The summed E-state index contributed by atoms with van der Waals surface area (Å²) in [5, 5.41) is 4.94. The second-order valence-corrected chi connectivity index (χ2v) is 16.7. The van der Waals surface area contributed by atoms with E-state index in [0.717, 1.165) is 33.9 Å². The summed E-state index contributed by atoms with van der Waals surface area (Å²) in [6.45, 7) is 5.04. The van der Waals surface area contributed by atoms with Crippen molar-refractivity contribution in [2.24, 2.45) is 23.7 Å². The Morgan fingerprint density at radius 2 is 1.05 bits per heavy atom. The van der Waals surface area contributed by atoms with Crippen LogP contribution in [-0.2, 0) is 5.41 Å². The number of hydrogen-bond donors (Lipinski definition) is 0. The van der Waals surface area contributed by atoms with Crippen LogP contribution >= 0.6 is 0 Å². The molecule has 3 aliphatic carbocycles. The monoisotopic (exact) mass is 709 g/mol. The summed E-state index contributed by atoms with van der Waals surface area (Å²) >= 11 is 0. The minimum absolute atomic E-state index is 0.0112. The van der Waals surface area contributed by atoms with E-state index < -0.39 is 0 Å². The topological polar surface area (TPSA) is 38.7 Å². The van der Waals surface area contributed by atoms with Gasteiger partial charge in [0.25, 0.3) is 0 Å². The maximum atomic E-state index is 5.30. The summed E-state index contributed by atoms with van der Waals surface area (Å²) in [4.78, 5) is 15.8. The summed E-state index contributed by atoms with van der Waals surface area (Å²) in [6, 6.07) is 55.2. The molecule has 1 aromatic heterocycles. The zero-order valence-corrected chi connectivity index (χ0v) is 31.4. The molecule has 266 valence electrons. The third-order valence-electron chi connectivity index (χ3n) is 13.4. The van der Waals surface area contributed by atoms with E-state index in [-0.39, 0.29) is 5.41 Å². The van der Waals surface area contributed by atoms with Crippen LogP contribution in [0.15, 0.2) is 152 Å². The van der Waals surface area contributed by atoms with Crippen molar-refractivity contribution in [3.63, 3.8) is 0 Å². The molecule has 5 unspecified atom stereocenters. The molecule has 55 heavy (non-hydrogen) atoms. The Kier molecular flexibility index (Phi) is 7.42. The molecule has 7 aromatic carbocycles. The van der Waals surface area contributed by atoms with Gasteiger partial charge in [-0.05, 0) is 122 Å². The fourth-order valence-electron chi connectivity index (χ4n) is 11.2. The SMILES string of the molecule is CC1CC2CC(C)C3(c4ccc(-c5nc(-c6ccc(-c7ccccc7)cc6)nc(-c6cccc7ccccc67)n5)cc4-c4cc5ccccc5cc43)C(C1)C2. The zero-order valence-electron chi connectivity index (χ0n) is 31.4. The molecule has 5 atom stereocenters. The normalized spacial score (nSPS) is 22.5. The van der Waals surface area contributed by atoms with Gasteiger partial charge in [-0.1, -0.05) is 147 Å². The van der Waals surface area contributed by atoms with Gasteiger partial charge in [-0.3, -0.25) is 0 Å². The Hall–Kier alpha value is -5.93. The molecule has 0 radical (unpaired) electrons. The molecular weight excluding hydrogens is 667 g/mol. The van der Waals surface area contributed by atoms with Gasteiger partial charge < -0.3 is 0 Å². The molecular formula is C52H43N3. The lowest BCUT2D eigenvalue weighted by Crippen LogP contribution is -2.49. The molecule has 1 spiro atoms. The number of benzene rings is 7. The predicted molar refractivity (Wildman–Crippen MR) is 227 cm³/mol. The number of rotatable bonds is 4. The van der Waals surface area contributed by atoms with Gasteiger partial charge in [0, 0.05) is 22.1 Å². The first-order chi connectivity index (χ1) is 27.0. The average Bonchev–Trinajstić information content (AvgIpc) is 3.51. The molecule has 11 rings (SSSR count). The minimum Gasteiger partial charge on any atom is -0.208 e. The van der Waals surface area contributed by atoms with E-state index in [0.29, 0.717) is 29.3 Å².